The summed E-state index contributed by atoms with van der Waals surface area (Å²) >= 11 is 0. The standard InChI is InChI=1S/C24H22N6O5/c1-14-6-17(28-35-14)13-29-12-16(11-26-29)20-7-15-10-25-23(9-21(15)30(20)24(31)32)27-19-5-4-18(33-2)8-22(19)34-3/h4-12H,13H2,1-3H3,(H,25,27)(H,31,32). The number of fused-ring (bicyclic) bond motifs is 1. The van der Waals surface area contributed by atoms with Gasteiger partial charge in [0, 0.05) is 41.5 Å². The highest BCUT2D eigenvalue weighted by molar-refractivity contribution is 5.96. The van der Waals surface area contributed by atoms with Crippen LogP contribution in [0.5, 0.6) is 11.5 Å². The first kappa shape index (κ1) is 22.0. The molecule has 11 nitrogen and oxygen atoms in total. The molecule has 0 amide bonds. The molecule has 178 valence electrons. The fourth-order valence-corrected chi connectivity index (χ4v) is 3.87. The number of nitrogens with one attached hydrogen (secondary N) is 1. The van der Waals surface area contributed by atoms with E-state index in [1.165, 1.54) is 4.57 Å². The van der Waals surface area contributed by atoms with Crippen molar-refractivity contribution in [3.63, 3.8) is 0 Å². The van der Waals surface area contributed by atoms with E-state index in [2.05, 4.69) is 20.6 Å². The monoisotopic (exact) mass is 474 g/mol. The number of carboxylic acid groups (broad SMARTS) is 1. The second-order valence-electron chi connectivity index (χ2n) is 7.82. The lowest BCUT2D eigenvalue weighted by atomic mass is 10.2. The van der Waals surface area contributed by atoms with Crippen molar-refractivity contribution in [1.29, 1.82) is 0 Å². The maximum Gasteiger partial charge on any atom is 0.416 e. The first-order valence-electron chi connectivity index (χ1n) is 10.6. The van der Waals surface area contributed by atoms with Gasteiger partial charge in [0.05, 0.1) is 43.9 Å². The van der Waals surface area contributed by atoms with Crippen molar-refractivity contribution >= 4 is 28.5 Å². The summed E-state index contributed by atoms with van der Waals surface area (Å²) in [6.07, 6.45) is 3.90. The topological polar surface area (TPSA) is 129 Å². The van der Waals surface area contributed by atoms with Crippen molar-refractivity contribution in [1.82, 2.24) is 24.5 Å². The van der Waals surface area contributed by atoms with Crippen LogP contribution in [0.2, 0.25) is 0 Å². The van der Waals surface area contributed by atoms with Crippen LogP contribution in [0.1, 0.15) is 11.5 Å². The van der Waals surface area contributed by atoms with Crippen molar-refractivity contribution < 1.29 is 23.9 Å². The molecule has 35 heavy (non-hydrogen) atoms. The molecule has 0 saturated carbocycles. The summed E-state index contributed by atoms with van der Waals surface area (Å²) < 4.78 is 18.7. The molecule has 0 radical (unpaired) electrons. The minimum Gasteiger partial charge on any atom is -0.497 e. The number of ether oxygens (including phenoxy) is 2. The van der Waals surface area contributed by atoms with Crippen molar-refractivity contribution in [2.75, 3.05) is 19.5 Å². The van der Waals surface area contributed by atoms with E-state index >= 15 is 0 Å². The zero-order valence-corrected chi connectivity index (χ0v) is 19.2. The lowest BCUT2D eigenvalue weighted by molar-refractivity contribution is 0.198. The normalized spacial score (nSPS) is 11.1. The van der Waals surface area contributed by atoms with Gasteiger partial charge in [-0.2, -0.15) is 5.10 Å². The highest BCUT2D eigenvalue weighted by Crippen LogP contribution is 2.33. The molecule has 1 aromatic carbocycles. The molecule has 0 atom stereocenters. The van der Waals surface area contributed by atoms with Gasteiger partial charge >= 0.3 is 6.09 Å². The van der Waals surface area contributed by atoms with Crippen LogP contribution in [0.25, 0.3) is 22.2 Å². The number of carbonyl (C=O) groups is 1. The number of nitrogens with zero attached hydrogens (tertiary/aromatic N) is 5. The van der Waals surface area contributed by atoms with E-state index in [1.807, 2.05) is 13.0 Å². The average Bonchev–Trinajstić information content (AvgIpc) is 3.57. The number of hydrogen-bond acceptors (Lipinski definition) is 8. The molecule has 2 N–H and O–H groups in total. The number of aryl methyl sites for hydroxylation is 1. The maximum absolute atomic E-state index is 12.2. The first-order valence-corrected chi connectivity index (χ1v) is 10.6. The Hall–Kier alpha value is -4.80. The third kappa shape index (κ3) is 4.26. The van der Waals surface area contributed by atoms with Crippen LogP contribution in [0.3, 0.4) is 0 Å². The van der Waals surface area contributed by atoms with Gasteiger partial charge in [0.25, 0.3) is 0 Å². The van der Waals surface area contributed by atoms with Crippen LogP contribution in [0, 0.1) is 6.92 Å². The Kier molecular flexibility index (Phi) is 5.57. The third-order valence-corrected chi connectivity index (χ3v) is 5.48. The Bertz CT molecular complexity index is 1530. The molecule has 0 saturated heterocycles. The molecule has 0 bridgehead atoms. The molecule has 5 rings (SSSR count). The number of rotatable bonds is 7. The summed E-state index contributed by atoms with van der Waals surface area (Å²) in [4.78, 5) is 16.7. The Morgan fingerprint density at radius 3 is 2.71 bits per heavy atom. The summed E-state index contributed by atoms with van der Waals surface area (Å²) in [5.41, 5.74) is 3.01. The molecule has 0 spiro atoms. The zero-order chi connectivity index (χ0) is 24.5. The van der Waals surface area contributed by atoms with Gasteiger partial charge in [-0.3, -0.25) is 4.68 Å². The van der Waals surface area contributed by atoms with Gasteiger partial charge in [0.15, 0.2) is 0 Å². The number of benzene rings is 1. The Balaban J connectivity index is 1.49. The van der Waals surface area contributed by atoms with E-state index < -0.39 is 6.09 Å². The molecule has 4 aromatic heterocycles. The summed E-state index contributed by atoms with van der Waals surface area (Å²) in [6.45, 7) is 2.22. The second-order valence-corrected chi connectivity index (χ2v) is 7.82. The van der Waals surface area contributed by atoms with Crippen LogP contribution in [-0.2, 0) is 6.54 Å². The van der Waals surface area contributed by atoms with Gasteiger partial charge in [-0.15, -0.1) is 0 Å². The highest BCUT2D eigenvalue weighted by Gasteiger charge is 2.18. The first-order chi connectivity index (χ1) is 16.9. The minimum absolute atomic E-state index is 0.407. The van der Waals surface area contributed by atoms with Crippen molar-refractivity contribution in [2.24, 2.45) is 0 Å². The fourth-order valence-electron chi connectivity index (χ4n) is 3.87. The molecule has 0 aliphatic carbocycles. The summed E-state index contributed by atoms with van der Waals surface area (Å²) in [7, 11) is 3.14. The average molecular weight is 474 g/mol. The van der Waals surface area contributed by atoms with E-state index in [0.29, 0.717) is 57.5 Å². The predicted octanol–water partition coefficient (Wildman–Crippen LogP) is 4.53. The van der Waals surface area contributed by atoms with Gasteiger partial charge in [0.2, 0.25) is 0 Å². The van der Waals surface area contributed by atoms with Crippen molar-refractivity contribution in [3.05, 3.63) is 66.4 Å². The number of aromatic nitrogens is 5. The Morgan fingerprint density at radius 1 is 1.14 bits per heavy atom. The van der Waals surface area contributed by atoms with E-state index in [9.17, 15) is 9.90 Å². The van der Waals surface area contributed by atoms with E-state index in [1.54, 1.807) is 67.8 Å². The molecule has 0 aliphatic heterocycles. The third-order valence-electron chi connectivity index (χ3n) is 5.48. The summed E-state index contributed by atoms with van der Waals surface area (Å²) in [5, 5.41) is 22.2. The molecule has 0 fully saturated rings. The minimum atomic E-state index is -1.12. The van der Waals surface area contributed by atoms with Crippen LogP contribution in [0.15, 0.2) is 59.5 Å². The number of methoxy groups -OCH3 is 2. The van der Waals surface area contributed by atoms with Crippen LogP contribution in [-0.4, -0.2) is 49.9 Å². The van der Waals surface area contributed by atoms with Crippen LogP contribution in [0.4, 0.5) is 16.3 Å². The van der Waals surface area contributed by atoms with Gasteiger partial charge < -0.3 is 24.4 Å². The van der Waals surface area contributed by atoms with Crippen molar-refractivity contribution in [2.45, 2.75) is 13.5 Å². The van der Waals surface area contributed by atoms with Gasteiger partial charge in [-0.05, 0) is 25.1 Å². The van der Waals surface area contributed by atoms with E-state index in [-0.39, 0.29) is 0 Å². The SMILES string of the molecule is COc1ccc(Nc2cc3c(cn2)cc(-c2cnn(Cc4cc(C)on4)c2)n3C(=O)O)c(OC)c1. The lowest BCUT2D eigenvalue weighted by Crippen LogP contribution is -2.09. The quantitative estimate of drug-likeness (QED) is 0.349. The Labute approximate surface area is 199 Å². The fraction of sp³-hybridized carbons (Fsp3) is 0.167. The lowest BCUT2D eigenvalue weighted by Gasteiger charge is -2.12. The molecule has 0 unspecified atom stereocenters. The molecule has 11 heteroatoms. The highest BCUT2D eigenvalue weighted by atomic mass is 16.5. The molecule has 5 aromatic rings. The van der Waals surface area contributed by atoms with Gasteiger partial charge in [0.1, 0.15) is 28.8 Å². The maximum atomic E-state index is 12.2. The predicted molar refractivity (Wildman–Crippen MR) is 128 cm³/mol. The summed E-state index contributed by atoms with van der Waals surface area (Å²) in [5.74, 6) is 2.39. The van der Waals surface area contributed by atoms with Gasteiger partial charge in [-0.25, -0.2) is 14.3 Å². The molecule has 0 aliphatic rings. The van der Waals surface area contributed by atoms with Gasteiger partial charge in [-0.1, -0.05) is 5.16 Å². The largest absolute Gasteiger partial charge is 0.497 e. The summed E-state index contributed by atoms with van der Waals surface area (Å²) in [6, 6.07) is 10.6. The molecular formula is C24H22N6O5. The second kappa shape index (κ2) is 8.86. The number of pyridine rings is 1. The molecule has 4 heterocycles. The van der Waals surface area contributed by atoms with Crippen molar-refractivity contribution in [3.8, 4) is 22.8 Å². The van der Waals surface area contributed by atoms with E-state index in [0.717, 1.165) is 5.69 Å². The smallest absolute Gasteiger partial charge is 0.416 e. The number of anilines is 2. The Morgan fingerprint density at radius 2 is 2.00 bits per heavy atom. The van der Waals surface area contributed by atoms with Crippen LogP contribution >= 0.6 is 0 Å². The van der Waals surface area contributed by atoms with Crippen LogP contribution < -0.4 is 14.8 Å². The van der Waals surface area contributed by atoms with E-state index in [4.69, 9.17) is 14.0 Å². The zero-order valence-electron chi connectivity index (χ0n) is 19.2. The number of hydrogen-bond donors (Lipinski definition) is 2. The molecular weight excluding hydrogens is 452 g/mol.